The zero-order valence-corrected chi connectivity index (χ0v) is 9.56. The molecule has 0 saturated carbocycles. The highest BCUT2D eigenvalue weighted by atomic mass is 15.2. The van der Waals surface area contributed by atoms with Crippen molar-refractivity contribution in [2.24, 2.45) is 0 Å². The molecule has 0 aliphatic rings. The monoisotopic (exact) mass is 234 g/mol. The van der Waals surface area contributed by atoms with Gasteiger partial charge >= 0.3 is 0 Å². The summed E-state index contributed by atoms with van der Waals surface area (Å²) in [7, 11) is 0. The number of hydrogen-bond acceptors (Lipinski definition) is 2. The second-order valence-corrected chi connectivity index (χ2v) is 4.14. The molecule has 0 spiro atoms. The zero-order chi connectivity index (χ0) is 11.9. The molecule has 0 N–H and O–H groups in total. The molecule has 0 bridgehead atoms. The molecule has 4 heteroatoms. The molecule has 4 aromatic rings. The highest BCUT2D eigenvalue weighted by Crippen LogP contribution is 2.18. The van der Waals surface area contributed by atoms with Gasteiger partial charge in [0.1, 0.15) is 17.8 Å². The summed E-state index contributed by atoms with van der Waals surface area (Å²) in [6.45, 7) is 0. The lowest BCUT2D eigenvalue weighted by Crippen LogP contribution is -1.99. The maximum absolute atomic E-state index is 4.42. The van der Waals surface area contributed by atoms with Crippen LogP contribution in [-0.2, 0) is 0 Å². The second-order valence-electron chi connectivity index (χ2n) is 4.14. The van der Waals surface area contributed by atoms with Gasteiger partial charge in [-0.2, -0.15) is 0 Å². The van der Waals surface area contributed by atoms with Crippen molar-refractivity contribution in [3.05, 3.63) is 61.2 Å². The number of aromatic nitrogens is 4. The molecule has 4 rings (SSSR count). The summed E-state index contributed by atoms with van der Waals surface area (Å²) >= 11 is 0. The summed E-state index contributed by atoms with van der Waals surface area (Å²) in [4.78, 5) is 8.71. The fourth-order valence-electron chi connectivity index (χ4n) is 2.27. The minimum absolute atomic E-state index is 0.935. The van der Waals surface area contributed by atoms with Crippen molar-refractivity contribution in [1.82, 2.24) is 18.9 Å². The molecule has 18 heavy (non-hydrogen) atoms. The first-order chi connectivity index (χ1) is 8.93. The van der Waals surface area contributed by atoms with E-state index in [1.54, 1.807) is 6.20 Å². The van der Waals surface area contributed by atoms with E-state index in [-0.39, 0.29) is 0 Å². The normalized spacial score (nSPS) is 11.3. The molecular formula is C14H10N4. The van der Waals surface area contributed by atoms with Crippen LogP contribution in [0.1, 0.15) is 0 Å². The van der Waals surface area contributed by atoms with E-state index in [0.717, 1.165) is 22.5 Å². The van der Waals surface area contributed by atoms with Crippen molar-refractivity contribution < 1.29 is 0 Å². The Labute approximate surface area is 103 Å². The third-order valence-electron chi connectivity index (χ3n) is 3.11. The van der Waals surface area contributed by atoms with Gasteiger partial charge in [0.25, 0.3) is 0 Å². The van der Waals surface area contributed by atoms with Gasteiger partial charge in [-0.05, 0) is 24.3 Å². The van der Waals surface area contributed by atoms with Gasteiger partial charge in [-0.3, -0.25) is 8.97 Å². The third-order valence-corrected chi connectivity index (χ3v) is 3.11. The Morgan fingerprint density at radius 1 is 0.889 bits per heavy atom. The first kappa shape index (κ1) is 9.41. The Balaban J connectivity index is 2.10. The number of fused-ring (bicyclic) bond motifs is 2. The molecular weight excluding hydrogens is 224 g/mol. The van der Waals surface area contributed by atoms with Crippen LogP contribution in [0.2, 0.25) is 0 Å². The number of nitrogens with zero attached hydrogens (tertiary/aromatic N) is 4. The molecule has 0 fully saturated rings. The van der Waals surface area contributed by atoms with Crippen LogP contribution in [0.4, 0.5) is 0 Å². The lowest BCUT2D eigenvalue weighted by atomic mass is 10.3. The molecule has 0 aliphatic heterocycles. The molecule has 1 aromatic carbocycles. The number of hydrogen-bond donors (Lipinski definition) is 0. The van der Waals surface area contributed by atoms with Gasteiger partial charge in [0, 0.05) is 12.4 Å². The van der Waals surface area contributed by atoms with E-state index in [1.807, 2.05) is 47.3 Å². The first-order valence-corrected chi connectivity index (χ1v) is 5.78. The summed E-state index contributed by atoms with van der Waals surface area (Å²) < 4.78 is 4.12. The molecule has 86 valence electrons. The second kappa shape index (κ2) is 3.43. The Morgan fingerprint density at radius 3 is 2.83 bits per heavy atom. The maximum Gasteiger partial charge on any atom is 0.138 e. The lowest BCUT2D eigenvalue weighted by molar-refractivity contribution is 0.980. The molecule has 3 heterocycles. The van der Waals surface area contributed by atoms with E-state index in [9.17, 15) is 0 Å². The Hall–Kier alpha value is -2.62. The topological polar surface area (TPSA) is 35.1 Å². The fourth-order valence-corrected chi connectivity index (χ4v) is 2.27. The van der Waals surface area contributed by atoms with Crippen LogP contribution in [0.3, 0.4) is 0 Å². The van der Waals surface area contributed by atoms with Crippen LogP contribution in [0.25, 0.3) is 22.5 Å². The van der Waals surface area contributed by atoms with Gasteiger partial charge in [0.05, 0.1) is 11.0 Å². The molecule has 3 aromatic heterocycles. The minimum Gasteiger partial charge on any atom is -0.285 e. The van der Waals surface area contributed by atoms with Crippen LogP contribution in [0.5, 0.6) is 0 Å². The zero-order valence-electron chi connectivity index (χ0n) is 9.56. The molecule has 0 aliphatic carbocycles. The predicted molar refractivity (Wildman–Crippen MR) is 69.8 cm³/mol. The highest BCUT2D eigenvalue weighted by molar-refractivity contribution is 5.77. The number of para-hydroxylation sites is 2. The van der Waals surface area contributed by atoms with Crippen LogP contribution in [0.15, 0.2) is 61.2 Å². The summed E-state index contributed by atoms with van der Waals surface area (Å²) in [6, 6.07) is 14.2. The molecule has 0 radical (unpaired) electrons. The molecule has 4 nitrogen and oxygen atoms in total. The molecule has 0 unspecified atom stereocenters. The van der Waals surface area contributed by atoms with Crippen LogP contribution >= 0.6 is 0 Å². The van der Waals surface area contributed by atoms with Gasteiger partial charge < -0.3 is 0 Å². The Bertz CT molecular complexity index is 841. The number of benzene rings is 1. The van der Waals surface area contributed by atoms with Crippen molar-refractivity contribution in [2.45, 2.75) is 0 Å². The van der Waals surface area contributed by atoms with E-state index in [1.165, 1.54) is 0 Å². The third kappa shape index (κ3) is 1.20. The lowest BCUT2D eigenvalue weighted by Gasteiger charge is -2.07. The van der Waals surface area contributed by atoms with Gasteiger partial charge in [0.2, 0.25) is 0 Å². The average molecular weight is 234 g/mol. The van der Waals surface area contributed by atoms with Crippen molar-refractivity contribution in [2.75, 3.05) is 0 Å². The highest BCUT2D eigenvalue weighted by Gasteiger charge is 2.06. The summed E-state index contributed by atoms with van der Waals surface area (Å²) in [5.41, 5.74) is 3.03. The average Bonchev–Trinajstić information content (AvgIpc) is 3.05. The Kier molecular flexibility index (Phi) is 1.80. The summed E-state index contributed by atoms with van der Waals surface area (Å²) in [5.74, 6) is 1.04. The van der Waals surface area contributed by atoms with E-state index in [2.05, 4.69) is 26.7 Å². The standard InChI is InChI=1S/C14H10N4/c1-2-5-12-11(4-1)16-10-18(12)14-7-3-6-13-15-8-9-17(13)14/h1-10H. The predicted octanol–water partition coefficient (Wildman–Crippen LogP) is 2.67. The van der Waals surface area contributed by atoms with E-state index in [0.29, 0.717) is 0 Å². The van der Waals surface area contributed by atoms with E-state index in [4.69, 9.17) is 0 Å². The minimum atomic E-state index is 0.935. The van der Waals surface area contributed by atoms with Crippen molar-refractivity contribution in [3.63, 3.8) is 0 Å². The number of imidazole rings is 2. The van der Waals surface area contributed by atoms with E-state index < -0.39 is 0 Å². The SMILES string of the molecule is c1ccc2c(c1)ncn2-c1cccc2nccn12. The van der Waals surface area contributed by atoms with Gasteiger partial charge in [0.15, 0.2) is 0 Å². The van der Waals surface area contributed by atoms with Crippen LogP contribution in [-0.4, -0.2) is 18.9 Å². The smallest absolute Gasteiger partial charge is 0.138 e. The van der Waals surface area contributed by atoms with E-state index >= 15 is 0 Å². The fraction of sp³-hybridized carbons (Fsp3) is 0. The van der Waals surface area contributed by atoms with Crippen LogP contribution in [0, 0.1) is 0 Å². The number of rotatable bonds is 1. The van der Waals surface area contributed by atoms with Crippen molar-refractivity contribution in [1.29, 1.82) is 0 Å². The van der Waals surface area contributed by atoms with Crippen LogP contribution < -0.4 is 0 Å². The number of pyridine rings is 1. The maximum atomic E-state index is 4.42. The molecule has 0 amide bonds. The quantitative estimate of drug-likeness (QED) is 0.507. The molecule has 0 atom stereocenters. The van der Waals surface area contributed by atoms with Gasteiger partial charge in [-0.1, -0.05) is 18.2 Å². The first-order valence-electron chi connectivity index (χ1n) is 5.78. The van der Waals surface area contributed by atoms with Crippen molar-refractivity contribution in [3.8, 4) is 5.82 Å². The Morgan fingerprint density at radius 2 is 1.83 bits per heavy atom. The molecule has 0 saturated heterocycles. The van der Waals surface area contributed by atoms with Gasteiger partial charge in [-0.25, -0.2) is 9.97 Å². The van der Waals surface area contributed by atoms with Crippen molar-refractivity contribution >= 4 is 16.7 Å². The summed E-state index contributed by atoms with van der Waals surface area (Å²) in [6.07, 6.45) is 5.61. The van der Waals surface area contributed by atoms with Gasteiger partial charge in [-0.15, -0.1) is 0 Å². The largest absolute Gasteiger partial charge is 0.285 e. The summed E-state index contributed by atoms with van der Waals surface area (Å²) in [5, 5.41) is 0.